The van der Waals surface area contributed by atoms with E-state index in [-0.39, 0.29) is 23.7 Å². The number of amides is 1. The Bertz CT molecular complexity index is 582. The summed E-state index contributed by atoms with van der Waals surface area (Å²) in [6.07, 6.45) is 4.40. The van der Waals surface area contributed by atoms with E-state index in [1.807, 2.05) is 0 Å². The summed E-state index contributed by atoms with van der Waals surface area (Å²) < 4.78 is 1.51. The molecule has 2 N–H and O–H groups in total. The third kappa shape index (κ3) is 3.35. The third-order valence-electron chi connectivity index (χ3n) is 2.32. The zero-order valence-electron chi connectivity index (χ0n) is 9.85. The lowest BCUT2D eigenvalue weighted by molar-refractivity contribution is -0.116. The van der Waals surface area contributed by atoms with Crippen LogP contribution in [-0.2, 0) is 11.3 Å². The van der Waals surface area contributed by atoms with Crippen LogP contribution in [0.5, 0.6) is 0 Å². The van der Waals surface area contributed by atoms with Crippen molar-refractivity contribution in [1.82, 2.24) is 19.7 Å². The molecule has 0 atom stereocenters. The van der Waals surface area contributed by atoms with Gasteiger partial charge in [0.1, 0.15) is 12.7 Å². The first-order valence-electron chi connectivity index (χ1n) is 5.47. The van der Waals surface area contributed by atoms with Gasteiger partial charge in [-0.2, -0.15) is 5.10 Å². The molecule has 0 aromatic carbocycles. The number of carbonyl (C=O) groups excluding carboxylic acids is 1. The smallest absolute Gasteiger partial charge is 0.356 e. The molecule has 2 aromatic rings. The highest BCUT2D eigenvalue weighted by Gasteiger charge is 2.13. The topological polar surface area (TPSA) is 110 Å². The molecule has 2 rings (SSSR count). The van der Waals surface area contributed by atoms with Crippen LogP contribution in [0.4, 0.5) is 5.69 Å². The average Bonchev–Trinajstić information content (AvgIpc) is 2.90. The molecule has 19 heavy (non-hydrogen) atoms. The van der Waals surface area contributed by atoms with Gasteiger partial charge in [-0.25, -0.2) is 14.8 Å². The van der Waals surface area contributed by atoms with Gasteiger partial charge in [0.25, 0.3) is 0 Å². The summed E-state index contributed by atoms with van der Waals surface area (Å²) in [7, 11) is 0. The molecule has 0 unspecified atom stereocenters. The van der Waals surface area contributed by atoms with Crippen molar-refractivity contribution in [2.24, 2.45) is 0 Å². The highest BCUT2D eigenvalue weighted by Crippen LogP contribution is 2.12. The second-order valence-electron chi connectivity index (χ2n) is 3.66. The van der Waals surface area contributed by atoms with Crippen LogP contribution in [0.15, 0.2) is 31.0 Å². The van der Waals surface area contributed by atoms with Crippen molar-refractivity contribution in [3.8, 4) is 0 Å². The number of hydrogen-bond donors (Lipinski definition) is 2. The van der Waals surface area contributed by atoms with E-state index in [1.54, 1.807) is 6.07 Å². The second-order valence-corrected chi connectivity index (χ2v) is 3.66. The molecule has 0 aliphatic carbocycles. The minimum Gasteiger partial charge on any atom is -0.476 e. The molecule has 2 heterocycles. The Morgan fingerprint density at radius 3 is 2.95 bits per heavy atom. The number of carboxylic acids is 1. The number of aryl methyl sites for hydroxylation is 1. The number of pyridine rings is 1. The van der Waals surface area contributed by atoms with Crippen LogP contribution in [0.25, 0.3) is 0 Å². The minimum absolute atomic E-state index is 0.164. The monoisotopic (exact) mass is 261 g/mol. The van der Waals surface area contributed by atoms with Crippen LogP contribution in [0, 0.1) is 0 Å². The van der Waals surface area contributed by atoms with E-state index < -0.39 is 5.97 Å². The maximum atomic E-state index is 11.7. The van der Waals surface area contributed by atoms with Gasteiger partial charge in [-0.3, -0.25) is 9.48 Å². The lowest BCUT2D eigenvalue weighted by Crippen LogP contribution is -2.17. The van der Waals surface area contributed by atoms with Crippen LogP contribution in [0.3, 0.4) is 0 Å². The van der Waals surface area contributed by atoms with Gasteiger partial charge in [-0.05, 0) is 12.1 Å². The van der Waals surface area contributed by atoms with E-state index >= 15 is 0 Å². The Hall–Kier alpha value is -2.77. The van der Waals surface area contributed by atoms with E-state index in [4.69, 9.17) is 5.11 Å². The molecule has 8 heteroatoms. The van der Waals surface area contributed by atoms with Gasteiger partial charge < -0.3 is 10.4 Å². The normalized spacial score (nSPS) is 10.1. The predicted molar refractivity (Wildman–Crippen MR) is 64.5 cm³/mol. The molecule has 2 aromatic heterocycles. The second kappa shape index (κ2) is 5.71. The largest absolute Gasteiger partial charge is 0.476 e. The van der Waals surface area contributed by atoms with Gasteiger partial charge in [0.05, 0.1) is 12.2 Å². The Kier molecular flexibility index (Phi) is 3.81. The molecule has 8 nitrogen and oxygen atoms in total. The fourth-order valence-corrected chi connectivity index (χ4v) is 1.45. The summed E-state index contributed by atoms with van der Waals surface area (Å²) in [5.41, 5.74) is -0.00445. The lowest BCUT2D eigenvalue weighted by Gasteiger charge is -2.07. The van der Waals surface area contributed by atoms with Crippen molar-refractivity contribution in [1.29, 1.82) is 0 Å². The molecule has 0 aliphatic rings. The number of nitrogens with one attached hydrogen (secondary N) is 1. The number of anilines is 1. The van der Waals surface area contributed by atoms with Gasteiger partial charge >= 0.3 is 5.97 Å². The van der Waals surface area contributed by atoms with Crippen molar-refractivity contribution >= 4 is 17.6 Å². The molecular formula is C11H11N5O3. The Morgan fingerprint density at radius 1 is 1.42 bits per heavy atom. The molecule has 98 valence electrons. The summed E-state index contributed by atoms with van der Waals surface area (Å²) >= 11 is 0. The maximum Gasteiger partial charge on any atom is 0.356 e. The predicted octanol–water partition coefficient (Wildman–Crippen LogP) is 0.400. The van der Waals surface area contributed by atoms with Gasteiger partial charge in [0, 0.05) is 12.6 Å². The zero-order valence-corrected chi connectivity index (χ0v) is 9.85. The molecule has 0 bridgehead atoms. The zero-order chi connectivity index (χ0) is 13.7. The van der Waals surface area contributed by atoms with Crippen molar-refractivity contribution in [2.75, 3.05) is 5.32 Å². The molecule has 0 radical (unpaired) electrons. The number of carbonyl (C=O) groups is 2. The van der Waals surface area contributed by atoms with E-state index in [1.165, 1.54) is 29.6 Å². The van der Waals surface area contributed by atoms with E-state index in [0.29, 0.717) is 6.54 Å². The summed E-state index contributed by atoms with van der Waals surface area (Å²) in [5.74, 6) is -1.50. The molecule has 0 fully saturated rings. The van der Waals surface area contributed by atoms with Crippen LogP contribution >= 0.6 is 0 Å². The SMILES string of the molecule is O=C(CCn1cncn1)Nc1cccnc1C(=O)O. The fourth-order valence-electron chi connectivity index (χ4n) is 1.45. The van der Waals surface area contributed by atoms with E-state index in [9.17, 15) is 9.59 Å². The van der Waals surface area contributed by atoms with Crippen LogP contribution in [-0.4, -0.2) is 36.7 Å². The first-order valence-corrected chi connectivity index (χ1v) is 5.47. The van der Waals surface area contributed by atoms with Crippen molar-refractivity contribution in [3.05, 3.63) is 36.7 Å². The molecule has 0 saturated heterocycles. The summed E-state index contributed by atoms with van der Waals surface area (Å²) in [5, 5.41) is 15.3. The average molecular weight is 261 g/mol. The van der Waals surface area contributed by atoms with Crippen LogP contribution in [0.1, 0.15) is 16.9 Å². The third-order valence-corrected chi connectivity index (χ3v) is 2.32. The lowest BCUT2D eigenvalue weighted by atomic mass is 10.3. The number of carboxylic acid groups (broad SMARTS) is 1. The molecule has 0 spiro atoms. The van der Waals surface area contributed by atoms with Crippen molar-refractivity contribution in [3.63, 3.8) is 0 Å². The van der Waals surface area contributed by atoms with Gasteiger partial charge in [0.15, 0.2) is 5.69 Å². The number of aromatic nitrogens is 4. The van der Waals surface area contributed by atoms with Gasteiger partial charge in [0.2, 0.25) is 5.91 Å². The van der Waals surface area contributed by atoms with Gasteiger partial charge in [-0.15, -0.1) is 0 Å². The Morgan fingerprint density at radius 2 is 2.26 bits per heavy atom. The maximum absolute atomic E-state index is 11.7. The summed E-state index contributed by atoms with van der Waals surface area (Å²) in [4.78, 5) is 30.1. The number of rotatable bonds is 5. The van der Waals surface area contributed by atoms with Crippen molar-refractivity contribution in [2.45, 2.75) is 13.0 Å². The standard InChI is InChI=1S/C11H11N5O3/c17-9(3-5-16-7-12-6-14-16)15-8-2-1-4-13-10(8)11(18)19/h1-2,4,6-7H,3,5H2,(H,15,17)(H,18,19). The highest BCUT2D eigenvalue weighted by molar-refractivity contribution is 5.98. The van der Waals surface area contributed by atoms with Gasteiger partial charge in [-0.1, -0.05) is 0 Å². The molecule has 1 amide bonds. The fraction of sp³-hybridized carbons (Fsp3) is 0.182. The quantitative estimate of drug-likeness (QED) is 0.806. The number of nitrogens with zero attached hydrogens (tertiary/aromatic N) is 4. The molecule has 0 aliphatic heterocycles. The summed E-state index contributed by atoms with van der Waals surface area (Å²) in [6, 6.07) is 3.04. The van der Waals surface area contributed by atoms with Crippen LogP contribution in [0.2, 0.25) is 0 Å². The Balaban J connectivity index is 1.97. The first kappa shape index (κ1) is 12.7. The summed E-state index contributed by atoms with van der Waals surface area (Å²) in [6.45, 7) is 0.370. The molecule has 0 saturated carbocycles. The highest BCUT2D eigenvalue weighted by atomic mass is 16.4. The number of hydrogen-bond acceptors (Lipinski definition) is 5. The Labute approximate surface area is 108 Å². The molecular weight excluding hydrogens is 250 g/mol. The van der Waals surface area contributed by atoms with E-state index in [2.05, 4.69) is 20.4 Å². The number of aromatic carboxylic acids is 1. The van der Waals surface area contributed by atoms with E-state index in [0.717, 1.165) is 0 Å². The first-order chi connectivity index (χ1) is 9.16. The van der Waals surface area contributed by atoms with Crippen LogP contribution < -0.4 is 5.32 Å². The minimum atomic E-state index is -1.19. The van der Waals surface area contributed by atoms with Crippen molar-refractivity contribution < 1.29 is 14.7 Å².